The first-order chi connectivity index (χ1) is 11.5. The van der Waals surface area contributed by atoms with Crippen LogP contribution in [0.1, 0.15) is 23.1 Å². The van der Waals surface area contributed by atoms with E-state index in [0.717, 1.165) is 22.4 Å². The second-order valence-electron chi connectivity index (χ2n) is 6.43. The van der Waals surface area contributed by atoms with E-state index < -0.39 is 6.04 Å². The first kappa shape index (κ1) is 16.4. The van der Waals surface area contributed by atoms with Crippen LogP contribution in [0.3, 0.4) is 0 Å². The lowest BCUT2D eigenvalue weighted by Gasteiger charge is -2.24. The molecule has 3 rings (SSSR count). The summed E-state index contributed by atoms with van der Waals surface area (Å²) < 4.78 is 0. The van der Waals surface area contributed by atoms with Crippen LogP contribution in [0.5, 0.6) is 0 Å². The fourth-order valence-corrected chi connectivity index (χ4v) is 3.34. The molecule has 0 N–H and O–H groups in total. The van der Waals surface area contributed by atoms with Crippen LogP contribution < -0.4 is 4.90 Å². The Hall–Kier alpha value is -2.46. The highest BCUT2D eigenvalue weighted by Gasteiger charge is 2.42. The number of rotatable bonds is 4. The van der Waals surface area contributed by atoms with Gasteiger partial charge in [-0.05, 0) is 37.6 Å². The number of aryl methyl sites for hydroxylation is 2. The fourth-order valence-electron chi connectivity index (χ4n) is 3.34. The Morgan fingerprint density at radius 2 is 1.62 bits per heavy atom. The summed E-state index contributed by atoms with van der Waals surface area (Å²) >= 11 is 0. The summed E-state index contributed by atoms with van der Waals surface area (Å²) in [5.74, 6) is -0.252. The zero-order valence-electron chi connectivity index (χ0n) is 14.3. The maximum atomic E-state index is 12.9. The van der Waals surface area contributed by atoms with Crippen molar-refractivity contribution in [3.63, 3.8) is 0 Å². The molecule has 2 aromatic rings. The van der Waals surface area contributed by atoms with Crippen LogP contribution in [0.15, 0.2) is 48.5 Å². The zero-order valence-corrected chi connectivity index (χ0v) is 14.3. The Morgan fingerprint density at radius 3 is 2.25 bits per heavy atom. The number of likely N-dealkylation sites (N-methyl/N-ethyl adjacent to an activating group) is 1. The normalized spacial score (nSPS) is 17.8. The molecular weight excluding hydrogens is 300 g/mol. The van der Waals surface area contributed by atoms with E-state index in [0.29, 0.717) is 6.54 Å². The summed E-state index contributed by atoms with van der Waals surface area (Å²) in [4.78, 5) is 28.8. The molecule has 124 valence electrons. The second kappa shape index (κ2) is 6.57. The number of amides is 2. The summed E-state index contributed by atoms with van der Waals surface area (Å²) in [7, 11) is 1.90. The van der Waals surface area contributed by atoms with Crippen LogP contribution in [-0.4, -0.2) is 29.8 Å². The van der Waals surface area contributed by atoms with Crippen LogP contribution in [0.4, 0.5) is 5.69 Å². The molecule has 0 spiro atoms. The monoisotopic (exact) mass is 322 g/mol. The van der Waals surface area contributed by atoms with Gasteiger partial charge in [-0.3, -0.25) is 14.5 Å². The molecule has 0 bridgehead atoms. The van der Waals surface area contributed by atoms with Gasteiger partial charge >= 0.3 is 0 Å². The van der Waals surface area contributed by atoms with E-state index in [9.17, 15) is 9.59 Å². The molecule has 1 atom stereocenters. The molecule has 24 heavy (non-hydrogen) atoms. The minimum Gasteiger partial charge on any atom is -0.290 e. The Balaban J connectivity index is 1.84. The Labute approximate surface area is 142 Å². The van der Waals surface area contributed by atoms with Crippen LogP contribution in [0.25, 0.3) is 0 Å². The number of carbonyl (C=O) groups excluding carboxylic acids is 2. The fraction of sp³-hybridized carbons (Fsp3) is 0.300. The number of benzene rings is 2. The Bertz CT molecular complexity index is 750. The van der Waals surface area contributed by atoms with E-state index in [4.69, 9.17) is 0 Å². The highest BCUT2D eigenvalue weighted by molar-refractivity contribution is 6.23. The van der Waals surface area contributed by atoms with Gasteiger partial charge in [0, 0.05) is 6.54 Å². The molecule has 1 aliphatic rings. The average Bonchev–Trinajstić information content (AvgIpc) is 2.84. The molecule has 1 saturated heterocycles. The molecule has 0 aliphatic carbocycles. The van der Waals surface area contributed by atoms with Crippen molar-refractivity contribution in [3.8, 4) is 0 Å². The highest BCUT2D eigenvalue weighted by atomic mass is 16.2. The number of imide groups is 1. The minimum absolute atomic E-state index is 0.123. The van der Waals surface area contributed by atoms with Crippen LogP contribution >= 0.6 is 0 Å². The minimum atomic E-state index is -0.406. The highest BCUT2D eigenvalue weighted by Crippen LogP contribution is 2.31. The molecule has 1 heterocycles. The molecular formula is C20H22N2O2. The summed E-state index contributed by atoms with van der Waals surface area (Å²) in [6, 6.07) is 15.4. The first-order valence-electron chi connectivity index (χ1n) is 8.16. The molecule has 4 heteroatoms. The third kappa shape index (κ3) is 2.97. The van der Waals surface area contributed by atoms with Gasteiger partial charge in [-0.2, -0.15) is 0 Å². The lowest BCUT2D eigenvalue weighted by Crippen LogP contribution is -2.40. The SMILES string of the molecule is Cc1cccc(C)c1N1C(=O)C[C@@H](N(C)Cc2ccccc2)C1=O. The summed E-state index contributed by atoms with van der Waals surface area (Å²) in [6.07, 6.45) is 0.232. The van der Waals surface area contributed by atoms with Crippen molar-refractivity contribution < 1.29 is 9.59 Å². The number of hydrogen-bond donors (Lipinski definition) is 0. The van der Waals surface area contributed by atoms with Gasteiger partial charge in [0.05, 0.1) is 18.2 Å². The Morgan fingerprint density at radius 1 is 1.00 bits per heavy atom. The number of carbonyl (C=O) groups is 2. The maximum Gasteiger partial charge on any atom is 0.251 e. The van der Waals surface area contributed by atoms with E-state index >= 15 is 0 Å². The molecule has 2 aromatic carbocycles. The van der Waals surface area contributed by atoms with Gasteiger partial charge in [0.25, 0.3) is 5.91 Å². The van der Waals surface area contributed by atoms with Gasteiger partial charge in [-0.1, -0.05) is 48.5 Å². The quantitative estimate of drug-likeness (QED) is 0.812. The topological polar surface area (TPSA) is 40.6 Å². The lowest BCUT2D eigenvalue weighted by atomic mass is 10.1. The average molecular weight is 322 g/mol. The smallest absolute Gasteiger partial charge is 0.251 e. The largest absolute Gasteiger partial charge is 0.290 e. The molecule has 0 radical (unpaired) electrons. The van der Waals surface area contributed by atoms with Crippen molar-refractivity contribution in [3.05, 3.63) is 65.2 Å². The van der Waals surface area contributed by atoms with Crippen molar-refractivity contribution >= 4 is 17.5 Å². The van der Waals surface area contributed by atoms with E-state index in [1.165, 1.54) is 4.90 Å². The molecule has 1 aliphatic heterocycles. The number of anilines is 1. The number of nitrogens with zero attached hydrogens (tertiary/aromatic N) is 2. The summed E-state index contributed by atoms with van der Waals surface area (Å²) in [5.41, 5.74) is 3.76. The van der Waals surface area contributed by atoms with Crippen LogP contribution in [0, 0.1) is 13.8 Å². The number of para-hydroxylation sites is 1. The Kier molecular flexibility index (Phi) is 4.49. The maximum absolute atomic E-state index is 12.9. The van der Waals surface area contributed by atoms with Crippen LogP contribution in [-0.2, 0) is 16.1 Å². The molecule has 2 amide bonds. The molecule has 1 fully saturated rings. The van der Waals surface area contributed by atoms with Crippen molar-refractivity contribution in [2.24, 2.45) is 0 Å². The predicted octanol–water partition coefficient (Wildman–Crippen LogP) is 3.07. The standard InChI is InChI=1S/C20H22N2O2/c1-14-8-7-9-15(2)19(14)22-18(23)12-17(20(22)24)21(3)13-16-10-5-4-6-11-16/h4-11,17H,12-13H2,1-3H3/t17-/m1/s1. The van der Waals surface area contributed by atoms with E-state index in [1.54, 1.807) is 0 Å². The van der Waals surface area contributed by atoms with Crippen molar-refractivity contribution in [1.82, 2.24) is 4.90 Å². The molecule has 4 nitrogen and oxygen atoms in total. The molecule has 0 aromatic heterocycles. The van der Waals surface area contributed by atoms with Crippen LogP contribution in [0.2, 0.25) is 0 Å². The molecule has 0 unspecified atom stereocenters. The summed E-state index contributed by atoms with van der Waals surface area (Å²) in [5, 5.41) is 0. The van der Waals surface area contributed by atoms with Gasteiger partial charge in [-0.15, -0.1) is 0 Å². The zero-order chi connectivity index (χ0) is 17.3. The van der Waals surface area contributed by atoms with Gasteiger partial charge in [0.1, 0.15) is 0 Å². The van der Waals surface area contributed by atoms with E-state index in [-0.39, 0.29) is 18.2 Å². The third-order valence-corrected chi connectivity index (χ3v) is 4.59. The van der Waals surface area contributed by atoms with Gasteiger partial charge < -0.3 is 0 Å². The summed E-state index contributed by atoms with van der Waals surface area (Å²) in [6.45, 7) is 4.51. The van der Waals surface area contributed by atoms with Gasteiger partial charge in [0.15, 0.2) is 0 Å². The third-order valence-electron chi connectivity index (χ3n) is 4.59. The predicted molar refractivity (Wildman–Crippen MR) is 94.7 cm³/mol. The van der Waals surface area contributed by atoms with E-state index in [2.05, 4.69) is 0 Å². The number of hydrogen-bond acceptors (Lipinski definition) is 3. The van der Waals surface area contributed by atoms with Gasteiger partial charge in [0.2, 0.25) is 5.91 Å². The molecule has 0 saturated carbocycles. The van der Waals surface area contributed by atoms with Crippen molar-refractivity contribution in [2.75, 3.05) is 11.9 Å². The second-order valence-corrected chi connectivity index (χ2v) is 6.43. The van der Waals surface area contributed by atoms with Gasteiger partial charge in [-0.25, -0.2) is 4.90 Å². The van der Waals surface area contributed by atoms with Crippen molar-refractivity contribution in [2.45, 2.75) is 32.9 Å². The first-order valence-corrected chi connectivity index (χ1v) is 8.16. The van der Waals surface area contributed by atoms with E-state index in [1.807, 2.05) is 74.3 Å². The van der Waals surface area contributed by atoms with Crippen molar-refractivity contribution in [1.29, 1.82) is 0 Å². The lowest BCUT2D eigenvalue weighted by molar-refractivity contribution is -0.122.